The summed E-state index contributed by atoms with van der Waals surface area (Å²) in [4.78, 5) is 12.7. The Balaban J connectivity index is 1.92. The van der Waals surface area contributed by atoms with Crippen molar-refractivity contribution in [2.45, 2.75) is 44.5 Å². The van der Waals surface area contributed by atoms with Gasteiger partial charge in [-0.25, -0.2) is 0 Å². The Hall–Kier alpha value is -2.29. The van der Waals surface area contributed by atoms with Crippen LogP contribution < -0.4 is 0 Å². The monoisotopic (exact) mass is 349 g/mol. The molecule has 3 atom stereocenters. The second-order valence-corrected chi connectivity index (χ2v) is 5.68. The molecular weight excluding hydrogens is 326 g/mol. The zero-order chi connectivity index (χ0) is 18.2. The number of ether oxygens (including phenoxy) is 1. The van der Waals surface area contributed by atoms with Crippen LogP contribution in [0.4, 0.5) is 0 Å². The molecule has 0 amide bonds. The standard InChI is InChI=1S/C17H23N3O5/c1-2-3-9-15(22)25-11-14(21)17(24)16(23)13-10-18-20(19-13)12-7-5-4-6-8-12/h4-8,10,14,16-17,21,23-24H,2-3,9,11H2,1H3/t14-,16-,17+/m1/s1. The molecule has 8 heteroatoms. The molecule has 0 bridgehead atoms. The Kier molecular flexibility index (Phi) is 7.05. The Bertz CT molecular complexity index is 661. The highest BCUT2D eigenvalue weighted by Gasteiger charge is 2.29. The SMILES string of the molecule is CCCCC(=O)OC[C@@H](O)[C@H](O)[C@H](O)c1cnn(-c2ccccc2)n1. The first-order chi connectivity index (χ1) is 12.0. The second kappa shape index (κ2) is 9.26. The van der Waals surface area contributed by atoms with Gasteiger partial charge in [0.05, 0.1) is 11.9 Å². The van der Waals surface area contributed by atoms with E-state index in [4.69, 9.17) is 4.74 Å². The molecule has 1 aromatic heterocycles. The summed E-state index contributed by atoms with van der Waals surface area (Å²) < 4.78 is 4.89. The number of hydrogen-bond donors (Lipinski definition) is 3. The van der Waals surface area contributed by atoms with Gasteiger partial charge < -0.3 is 20.1 Å². The van der Waals surface area contributed by atoms with Crippen molar-refractivity contribution in [3.05, 3.63) is 42.2 Å². The van der Waals surface area contributed by atoms with Crippen LogP contribution in [0.1, 0.15) is 38.0 Å². The Labute approximate surface area is 145 Å². The van der Waals surface area contributed by atoms with Crippen molar-refractivity contribution in [3.8, 4) is 5.69 Å². The summed E-state index contributed by atoms with van der Waals surface area (Å²) >= 11 is 0. The lowest BCUT2D eigenvalue weighted by atomic mass is 10.1. The number of unbranched alkanes of at least 4 members (excludes halogenated alkanes) is 1. The number of hydrogen-bond acceptors (Lipinski definition) is 7. The molecule has 0 spiro atoms. The van der Waals surface area contributed by atoms with Crippen LogP contribution in [0.5, 0.6) is 0 Å². The summed E-state index contributed by atoms with van der Waals surface area (Å²) in [5, 5.41) is 38.2. The predicted molar refractivity (Wildman–Crippen MR) is 88.8 cm³/mol. The number of carbonyl (C=O) groups excluding carboxylic acids is 1. The van der Waals surface area contributed by atoms with Crippen molar-refractivity contribution < 1.29 is 24.9 Å². The van der Waals surface area contributed by atoms with E-state index in [0.29, 0.717) is 12.1 Å². The maximum Gasteiger partial charge on any atom is 0.305 e. The predicted octanol–water partition coefficient (Wildman–Crippen LogP) is 0.756. The third kappa shape index (κ3) is 5.35. The van der Waals surface area contributed by atoms with Crippen LogP contribution in [0.15, 0.2) is 36.5 Å². The molecule has 0 aliphatic heterocycles. The topological polar surface area (TPSA) is 118 Å². The summed E-state index contributed by atoms with van der Waals surface area (Å²) in [6.45, 7) is 1.55. The van der Waals surface area contributed by atoms with Gasteiger partial charge in [0.1, 0.15) is 30.6 Å². The molecule has 0 radical (unpaired) electrons. The highest BCUT2D eigenvalue weighted by atomic mass is 16.5. The summed E-state index contributed by atoms with van der Waals surface area (Å²) in [5.41, 5.74) is 0.800. The van der Waals surface area contributed by atoms with Crippen molar-refractivity contribution in [2.75, 3.05) is 6.61 Å². The molecule has 0 aliphatic carbocycles. The first-order valence-corrected chi connectivity index (χ1v) is 8.20. The Morgan fingerprint density at radius 2 is 1.96 bits per heavy atom. The Morgan fingerprint density at radius 3 is 2.64 bits per heavy atom. The van der Waals surface area contributed by atoms with Gasteiger partial charge in [-0.05, 0) is 18.6 Å². The van der Waals surface area contributed by atoms with Crippen molar-refractivity contribution in [2.24, 2.45) is 0 Å². The van der Waals surface area contributed by atoms with E-state index in [9.17, 15) is 20.1 Å². The number of rotatable bonds is 9. The first-order valence-electron chi connectivity index (χ1n) is 8.20. The van der Waals surface area contributed by atoms with E-state index in [-0.39, 0.29) is 12.1 Å². The molecular formula is C17H23N3O5. The van der Waals surface area contributed by atoms with Crippen molar-refractivity contribution >= 4 is 5.97 Å². The number of aliphatic hydroxyl groups is 3. The molecule has 0 unspecified atom stereocenters. The molecule has 0 saturated carbocycles. The third-order valence-corrected chi connectivity index (χ3v) is 3.67. The first kappa shape index (κ1) is 19.0. The highest BCUT2D eigenvalue weighted by molar-refractivity contribution is 5.69. The lowest BCUT2D eigenvalue weighted by molar-refractivity contribution is -0.152. The van der Waals surface area contributed by atoms with Crippen LogP contribution in [-0.2, 0) is 9.53 Å². The van der Waals surface area contributed by atoms with Crippen LogP contribution in [0.25, 0.3) is 5.69 Å². The fraction of sp³-hybridized carbons (Fsp3) is 0.471. The summed E-state index contributed by atoms with van der Waals surface area (Å²) in [6, 6.07) is 9.07. The molecule has 1 aromatic carbocycles. The van der Waals surface area contributed by atoms with Crippen molar-refractivity contribution in [1.82, 2.24) is 15.0 Å². The van der Waals surface area contributed by atoms with Crippen molar-refractivity contribution in [1.29, 1.82) is 0 Å². The van der Waals surface area contributed by atoms with Gasteiger partial charge in [0.25, 0.3) is 0 Å². The summed E-state index contributed by atoms with van der Waals surface area (Å²) in [5.74, 6) is -0.447. The molecule has 0 aliphatic rings. The lowest BCUT2D eigenvalue weighted by Crippen LogP contribution is -2.36. The quantitative estimate of drug-likeness (QED) is 0.572. The summed E-state index contributed by atoms with van der Waals surface area (Å²) in [6.07, 6.45) is -1.32. The van der Waals surface area contributed by atoms with Crippen molar-refractivity contribution in [3.63, 3.8) is 0 Å². The molecule has 3 N–H and O–H groups in total. The minimum Gasteiger partial charge on any atom is -0.463 e. The fourth-order valence-electron chi connectivity index (χ4n) is 2.15. The number of benzene rings is 1. The van der Waals surface area contributed by atoms with E-state index in [1.807, 2.05) is 25.1 Å². The number of esters is 1. The molecule has 8 nitrogen and oxygen atoms in total. The molecule has 25 heavy (non-hydrogen) atoms. The molecule has 1 heterocycles. The van der Waals surface area contributed by atoms with Gasteiger partial charge in [0, 0.05) is 6.42 Å². The molecule has 0 saturated heterocycles. The van der Waals surface area contributed by atoms with Gasteiger partial charge in [0.2, 0.25) is 0 Å². The van der Waals surface area contributed by atoms with Gasteiger partial charge in [-0.3, -0.25) is 4.79 Å². The molecule has 2 rings (SSSR count). The van der Waals surface area contributed by atoms with E-state index in [2.05, 4.69) is 10.2 Å². The van der Waals surface area contributed by atoms with E-state index < -0.39 is 30.9 Å². The minimum atomic E-state index is -1.56. The van der Waals surface area contributed by atoms with E-state index >= 15 is 0 Å². The van der Waals surface area contributed by atoms with Crippen LogP contribution in [0, 0.1) is 0 Å². The number of nitrogens with zero attached hydrogens (tertiary/aromatic N) is 3. The highest BCUT2D eigenvalue weighted by Crippen LogP contribution is 2.18. The molecule has 136 valence electrons. The normalized spacial score (nSPS) is 14.7. The van der Waals surface area contributed by atoms with Crippen LogP contribution in [0.3, 0.4) is 0 Å². The molecule has 0 fully saturated rings. The second-order valence-electron chi connectivity index (χ2n) is 5.68. The zero-order valence-electron chi connectivity index (χ0n) is 14.0. The van der Waals surface area contributed by atoms with E-state index in [0.717, 1.165) is 6.42 Å². The minimum absolute atomic E-state index is 0.104. The lowest BCUT2D eigenvalue weighted by Gasteiger charge is -2.21. The van der Waals surface area contributed by atoms with Crippen LogP contribution >= 0.6 is 0 Å². The fourth-order valence-corrected chi connectivity index (χ4v) is 2.15. The summed E-state index contributed by atoms with van der Waals surface area (Å²) in [7, 11) is 0. The van der Waals surface area contributed by atoms with E-state index in [1.165, 1.54) is 11.0 Å². The average Bonchev–Trinajstić information content (AvgIpc) is 3.14. The van der Waals surface area contributed by atoms with Crippen LogP contribution in [-0.4, -0.2) is 55.1 Å². The number of aliphatic hydroxyl groups excluding tert-OH is 3. The number of para-hydroxylation sites is 1. The average molecular weight is 349 g/mol. The zero-order valence-corrected chi connectivity index (χ0v) is 14.0. The molecule has 2 aromatic rings. The smallest absolute Gasteiger partial charge is 0.305 e. The largest absolute Gasteiger partial charge is 0.463 e. The maximum absolute atomic E-state index is 11.4. The van der Waals surface area contributed by atoms with Gasteiger partial charge in [-0.15, -0.1) is 0 Å². The van der Waals surface area contributed by atoms with Gasteiger partial charge in [-0.2, -0.15) is 15.0 Å². The van der Waals surface area contributed by atoms with Gasteiger partial charge in [-0.1, -0.05) is 31.5 Å². The number of carbonyl (C=O) groups is 1. The maximum atomic E-state index is 11.4. The van der Waals surface area contributed by atoms with Crippen LogP contribution in [0.2, 0.25) is 0 Å². The number of aromatic nitrogens is 3. The Morgan fingerprint density at radius 1 is 1.24 bits per heavy atom. The third-order valence-electron chi connectivity index (χ3n) is 3.67. The van der Waals surface area contributed by atoms with Gasteiger partial charge >= 0.3 is 5.97 Å². The van der Waals surface area contributed by atoms with Gasteiger partial charge in [0.15, 0.2) is 0 Å². The van der Waals surface area contributed by atoms with E-state index in [1.54, 1.807) is 12.1 Å².